The Bertz CT molecular complexity index is 955. The third-order valence-corrected chi connectivity index (χ3v) is 5.28. The molecule has 2 aromatic carbocycles. The summed E-state index contributed by atoms with van der Waals surface area (Å²) in [6, 6.07) is 10.6. The van der Waals surface area contributed by atoms with E-state index >= 15 is 0 Å². The van der Waals surface area contributed by atoms with Gasteiger partial charge in [-0.2, -0.15) is 0 Å². The zero-order valence-corrected chi connectivity index (χ0v) is 14.8. The summed E-state index contributed by atoms with van der Waals surface area (Å²) < 4.78 is 27.7. The number of hydrogen-bond acceptors (Lipinski definition) is 4. The smallest absolute Gasteiger partial charge is 0.318 e. The van der Waals surface area contributed by atoms with Crippen LogP contribution < -0.4 is 20.7 Å². The number of aryl methyl sites for hydroxylation is 1. The summed E-state index contributed by atoms with van der Waals surface area (Å²) in [5.41, 5.74) is 2.35. The molecule has 2 aromatic rings. The Balaban J connectivity index is 1.77. The largest absolute Gasteiger partial charge is 0.341 e. The van der Waals surface area contributed by atoms with E-state index in [1.165, 1.54) is 13.1 Å². The van der Waals surface area contributed by atoms with Gasteiger partial charge in [0.15, 0.2) is 0 Å². The van der Waals surface area contributed by atoms with E-state index < -0.39 is 10.0 Å². The number of nitrogens with one attached hydrogen (secondary N) is 4. The van der Waals surface area contributed by atoms with Crippen molar-refractivity contribution < 1.29 is 18.0 Å². The average molecular weight is 374 g/mol. The number of carbonyl (C=O) groups excluding carboxylic acids is 2. The van der Waals surface area contributed by atoms with Crippen LogP contribution in [0, 0.1) is 0 Å². The normalized spacial score (nSPS) is 13.3. The van der Waals surface area contributed by atoms with Crippen LogP contribution in [0.3, 0.4) is 0 Å². The minimum Gasteiger partial charge on any atom is -0.341 e. The molecule has 9 heteroatoms. The van der Waals surface area contributed by atoms with Crippen molar-refractivity contribution >= 4 is 39.0 Å². The molecule has 3 amide bonds. The van der Waals surface area contributed by atoms with E-state index in [-0.39, 0.29) is 16.8 Å². The van der Waals surface area contributed by atoms with Gasteiger partial charge in [0.1, 0.15) is 0 Å². The molecule has 0 saturated heterocycles. The average Bonchev–Trinajstić information content (AvgIpc) is 2.62. The first kappa shape index (κ1) is 17.7. The molecule has 0 saturated carbocycles. The van der Waals surface area contributed by atoms with Crippen LogP contribution in [0.1, 0.15) is 12.0 Å². The molecule has 0 fully saturated rings. The van der Waals surface area contributed by atoms with Crippen molar-refractivity contribution in [2.75, 3.05) is 22.4 Å². The summed E-state index contributed by atoms with van der Waals surface area (Å²) in [6.07, 6.45) is 0.841. The fourth-order valence-electron chi connectivity index (χ4n) is 2.56. The number of anilines is 3. The molecule has 3 rings (SSSR count). The zero-order valence-electron chi connectivity index (χ0n) is 14.0. The maximum Gasteiger partial charge on any atom is 0.318 e. The number of carbonyl (C=O) groups is 2. The van der Waals surface area contributed by atoms with Crippen molar-refractivity contribution in [3.63, 3.8) is 0 Å². The van der Waals surface area contributed by atoms with Crippen molar-refractivity contribution in [3.05, 3.63) is 48.0 Å². The lowest BCUT2D eigenvalue weighted by Gasteiger charge is -2.18. The highest BCUT2D eigenvalue weighted by atomic mass is 32.2. The van der Waals surface area contributed by atoms with Crippen LogP contribution in [0.25, 0.3) is 0 Å². The Morgan fingerprint density at radius 1 is 1.04 bits per heavy atom. The highest BCUT2D eigenvalue weighted by molar-refractivity contribution is 7.92. The Labute approximate surface area is 151 Å². The van der Waals surface area contributed by atoms with Crippen LogP contribution in [-0.4, -0.2) is 27.4 Å². The predicted octanol–water partition coefficient (Wildman–Crippen LogP) is 2.12. The summed E-state index contributed by atoms with van der Waals surface area (Å²) >= 11 is 0. The molecule has 0 atom stereocenters. The fraction of sp³-hybridized carbons (Fsp3) is 0.176. The van der Waals surface area contributed by atoms with Crippen LogP contribution >= 0.6 is 0 Å². The summed E-state index contributed by atoms with van der Waals surface area (Å²) in [5.74, 6) is -0.0725. The monoisotopic (exact) mass is 374 g/mol. The molecule has 0 aromatic heterocycles. The first-order valence-corrected chi connectivity index (χ1v) is 9.40. The van der Waals surface area contributed by atoms with Crippen LogP contribution in [0.15, 0.2) is 47.4 Å². The van der Waals surface area contributed by atoms with Crippen LogP contribution in [0.4, 0.5) is 21.9 Å². The maximum absolute atomic E-state index is 12.6. The zero-order chi connectivity index (χ0) is 18.7. The molecule has 0 spiro atoms. The van der Waals surface area contributed by atoms with Gasteiger partial charge in [-0.15, -0.1) is 0 Å². The van der Waals surface area contributed by atoms with Gasteiger partial charge in [0.2, 0.25) is 5.91 Å². The van der Waals surface area contributed by atoms with Crippen LogP contribution in [-0.2, 0) is 21.2 Å². The fourth-order valence-corrected chi connectivity index (χ4v) is 3.67. The molecule has 0 radical (unpaired) electrons. The number of hydrogen-bond donors (Lipinski definition) is 4. The molecular weight excluding hydrogens is 356 g/mol. The molecule has 0 aliphatic carbocycles. The minimum absolute atomic E-state index is 0.0725. The van der Waals surface area contributed by atoms with Gasteiger partial charge in [-0.3, -0.25) is 9.52 Å². The van der Waals surface area contributed by atoms with Crippen molar-refractivity contribution in [2.24, 2.45) is 0 Å². The molecule has 1 heterocycles. The molecule has 0 unspecified atom stereocenters. The summed E-state index contributed by atoms with van der Waals surface area (Å²) in [5, 5.41) is 7.74. The number of benzene rings is 2. The van der Waals surface area contributed by atoms with E-state index in [9.17, 15) is 18.0 Å². The van der Waals surface area contributed by atoms with Gasteiger partial charge in [-0.25, -0.2) is 13.2 Å². The lowest BCUT2D eigenvalue weighted by molar-refractivity contribution is -0.116. The van der Waals surface area contributed by atoms with Gasteiger partial charge in [-0.1, -0.05) is 0 Å². The van der Waals surface area contributed by atoms with Gasteiger partial charge >= 0.3 is 6.03 Å². The molecule has 0 bridgehead atoms. The minimum atomic E-state index is -3.76. The second-order valence-electron chi connectivity index (χ2n) is 5.75. The van der Waals surface area contributed by atoms with E-state index in [1.54, 1.807) is 36.4 Å². The first-order valence-electron chi connectivity index (χ1n) is 7.92. The van der Waals surface area contributed by atoms with Gasteiger partial charge in [0.05, 0.1) is 4.90 Å². The van der Waals surface area contributed by atoms with Crippen LogP contribution in [0.2, 0.25) is 0 Å². The molecule has 26 heavy (non-hydrogen) atoms. The second kappa shape index (κ2) is 7.04. The SMILES string of the molecule is CNC(=O)Nc1ccc(NS(=O)(=O)c2ccc3c(c2)CCC(=O)N3)cc1. The number of sulfonamides is 1. The summed E-state index contributed by atoms with van der Waals surface area (Å²) in [7, 11) is -2.26. The van der Waals surface area contributed by atoms with E-state index in [1.807, 2.05) is 0 Å². The van der Waals surface area contributed by atoms with Gasteiger partial charge in [0.25, 0.3) is 10.0 Å². The highest BCUT2D eigenvalue weighted by Gasteiger charge is 2.20. The topological polar surface area (TPSA) is 116 Å². The lowest BCUT2D eigenvalue weighted by atomic mass is 10.0. The van der Waals surface area contributed by atoms with Gasteiger partial charge < -0.3 is 16.0 Å². The Kier molecular flexibility index (Phi) is 4.81. The van der Waals surface area contributed by atoms with Gasteiger partial charge in [0, 0.05) is 30.5 Å². The van der Waals surface area contributed by atoms with Crippen molar-refractivity contribution in [2.45, 2.75) is 17.7 Å². The Morgan fingerprint density at radius 2 is 1.73 bits per heavy atom. The third kappa shape index (κ3) is 3.94. The molecule has 4 N–H and O–H groups in total. The van der Waals surface area contributed by atoms with Crippen molar-refractivity contribution in [1.29, 1.82) is 0 Å². The molecule has 1 aliphatic rings. The third-order valence-electron chi connectivity index (χ3n) is 3.90. The number of rotatable bonds is 4. The number of urea groups is 1. The first-order chi connectivity index (χ1) is 12.4. The quantitative estimate of drug-likeness (QED) is 0.656. The molecule has 1 aliphatic heterocycles. The highest BCUT2D eigenvalue weighted by Crippen LogP contribution is 2.26. The summed E-state index contributed by atoms with van der Waals surface area (Å²) in [6.45, 7) is 0. The van der Waals surface area contributed by atoms with Crippen molar-refractivity contribution in [1.82, 2.24) is 5.32 Å². The maximum atomic E-state index is 12.6. The molecular formula is C17H18N4O4S. The number of amides is 3. The van der Waals surface area contributed by atoms with E-state index in [4.69, 9.17) is 0 Å². The van der Waals surface area contributed by atoms with E-state index in [2.05, 4.69) is 20.7 Å². The standard InChI is InChI=1S/C17H18N4O4S/c1-18-17(23)19-12-3-5-13(6-4-12)21-26(24,25)14-7-8-15-11(10-14)2-9-16(22)20-15/h3-8,10,21H,2,9H2,1H3,(H,20,22)(H2,18,19,23). The second-order valence-corrected chi connectivity index (χ2v) is 7.44. The Morgan fingerprint density at radius 3 is 2.42 bits per heavy atom. The van der Waals surface area contributed by atoms with Crippen molar-refractivity contribution in [3.8, 4) is 0 Å². The molecule has 8 nitrogen and oxygen atoms in total. The van der Waals surface area contributed by atoms with Crippen LogP contribution in [0.5, 0.6) is 0 Å². The predicted molar refractivity (Wildman–Crippen MR) is 98.7 cm³/mol. The van der Waals surface area contributed by atoms with Gasteiger partial charge in [-0.05, 0) is 54.4 Å². The number of fused-ring (bicyclic) bond motifs is 1. The molecule has 136 valence electrons. The summed E-state index contributed by atoms with van der Waals surface area (Å²) in [4.78, 5) is 22.8. The van der Waals surface area contributed by atoms with E-state index in [0.717, 1.165) is 5.56 Å². The Hall–Kier alpha value is -3.07. The van der Waals surface area contributed by atoms with E-state index in [0.29, 0.717) is 29.9 Å². The lowest BCUT2D eigenvalue weighted by Crippen LogP contribution is -2.24.